The van der Waals surface area contributed by atoms with Crippen molar-refractivity contribution in [3.05, 3.63) is 46.5 Å². The van der Waals surface area contributed by atoms with Gasteiger partial charge in [-0.3, -0.25) is 9.36 Å². The first-order valence-electron chi connectivity index (χ1n) is 12.4. The second kappa shape index (κ2) is 11.8. The Labute approximate surface area is 211 Å². The molecule has 1 aliphatic carbocycles. The maximum atomic E-state index is 13.4. The molecule has 0 bridgehead atoms. The third-order valence-corrected chi connectivity index (χ3v) is 6.73. The lowest BCUT2D eigenvalue weighted by atomic mass is 10.1. The Morgan fingerprint density at radius 3 is 2.66 bits per heavy atom. The first kappa shape index (κ1) is 25.3. The molecule has 1 saturated heterocycles. The maximum absolute atomic E-state index is 13.4. The number of ether oxygens (including phenoxy) is 1. The van der Waals surface area contributed by atoms with E-state index < -0.39 is 0 Å². The molecule has 0 radical (unpaired) electrons. The largest absolute Gasteiger partial charge is 0.381 e. The van der Waals surface area contributed by atoms with Crippen molar-refractivity contribution in [2.45, 2.75) is 45.1 Å². The number of rotatable bonds is 8. The van der Waals surface area contributed by atoms with E-state index in [1.165, 1.54) is 0 Å². The van der Waals surface area contributed by atoms with Gasteiger partial charge in [-0.1, -0.05) is 12.8 Å². The molecule has 2 aliphatic rings. The molecule has 1 aliphatic heterocycles. The zero-order valence-corrected chi connectivity index (χ0v) is 21.0. The van der Waals surface area contributed by atoms with Gasteiger partial charge in [-0.05, 0) is 38.0 Å². The molecule has 0 unspecified atom stereocenters. The lowest BCUT2D eigenvalue weighted by molar-refractivity contribution is 0.150. The fourth-order valence-electron chi connectivity index (χ4n) is 4.93. The molecule has 4 heterocycles. The van der Waals surface area contributed by atoms with Crippen LogP contribution in [0.25, 0.3) is 11.0 Å². The molecule has 35 heavy (non-hydrogen) atoms. The summed E-state index contributed by atoms with van der Waals surface area (Å²) in [6.07, 6.45) is 8.57. The van der Waals surface area contributed by atoms with Crippen LogP contribution in [-0.2, 0) is 11.2 Å². The van der Waals surface area contributed by atoms with Crippen LogP contribution in [-0.4, -0.2) is 58.9 Å². The lowest BCUT2D eigenvalue weighted by Gasteiger charge is -2.29. The van der Waals surface area contributed by atoms with E-state index in [2.05, 4.69) is 31.6 Å². The van der Waals surface area contributed by atoms with Crippen LogP contribution in [0.5, 0.6) is 0 Å². The first-order valence-corrected chi connectivity index (χ1v) is 12.4. The Balaban J connectivity index is 0.00000289. The highest BCUT2D eigenvalue weighted by Gasteiger charge is 2.23. The van der Waals surface area contributed by atoms with Crippen molar-refractivity contribution in [3.8, 4) is 0 Å². The van der Waals surface area contributed by atoms with Crippen LogP contribution in [0.3, 0.4) is 0 Å². The van der Waals surface area contributed by atoms with Gasteiger partial charge in [0.05, 0.1) is 18.5 Å². The Morgan fingerprint density at radius 2 is 1.94 bits per heavy atom. The quantitative estimate of drug-likeness (QED) is 0.455. The summed E-state index contributed by atoms with van der Waals surface area (Å²) in [6, 6.07) is 6.13. The molecular weight excluding hydrogens is 466 g/mol. The standard InChI is InChI=1S/C25H33N7O2.ClH/c1-2-34-14-9-18-15-19-16-28-25(30-23(19)32(24(18)33)20-5-3-4-6-20)29-22-8-7-21(17-27-22)31-12-10-26-11-13-31;/h7-8,15-17,20,26H,2-6,9-14H2,1H3,(H,27,28,29,30);1H. The molecule has 1 saturated carbocycles. The number of fused-ring (bicyclic) bond motifs is 1. The maximum Gasteiger partial charge on any atom is 0.255 e. The van der Waals surface area contributed by atoms with Crippen LogP contribution in [0, 0.1) is 0 Å². The van der Waals surface area contributed by atoms with Crippen molar-refractivity contribution in [2.24, 2.45) is 0 Å². The molecular formula is C25H34ClN7O2. The van der Waals surface area contributed by atoms with Crippen molar-refractivity contribution in [1.82, 2.24) is 24.8 Å². The van der Waals surface area contributed by atoms with Crippen molar-refractivity contribution in [1.29, 1.82) is 0 Å². The van der Waals surface area contributed by atoms with Crippen LogP contribution >= 0.6 is 12.4 Å². The summed E-state index contributed by atoms with van der Waals surface area (Å²) in [4.78, 5) is 29.6. The third-order valence-electron chi connectivity index (χ3n) is 6.73. The van der Waals surface area contributed by atoms with Gasteiger partial charge in [0.2, 0.25) is 5.95 Å². The van der Waals surface area contributed by atoms with Crippen LogP contribution in [0.4, 0.5) is 17.5 Å². The SMILES string of the molecule is CCOCCc1cc2cnc(Nc3ccc(N4CCNCC4)cn3)nc2n(C2CCCC2)c1=O.Cl. The third kappa shape index (κ3) is 5.74. The molecule has 5 rings (SSSR count). The van der Waals surface area contributed by atoms with Crippen molar-refractivity contribution in [3.63, 3.8) is 0 Å². The monoisotopic (exact) mass is 499 g/mol. The molecule has 2 fully saturated rings. The summed E-state index contributed by atoms with van der Waals surface area (Å²) >= 11 is 0. The zero-order chi connectivity index (χ0) is 23.3. The number of anilines is 3. The van der Waals surface area contributed by atoms with Crippen molar-refractivity contribution < 1.29 is 4.74 Å². The van der Waals surface area contributed by atoms with Gasteiger partial charge in [-0.25, -0.2) is 9.97 Å². The second-order valence-corrected chi connectivity index (χ2v) is 8.97. The molecule has 9 nitrogen and oxygen atoms in total. The van der Waals surface area contributed by atoms with Gasteiger partial charge in [-0.2, -0.15) is 4.98 Å². The molecule has 188 valence electrons. The number of hydrogen-bond donors (Lipinski definition) is 2. The van der Waals surface area contributed by atoms with Gasteiger partial charge in [0, 0.05) is 62.4 Å². The topological polar surface area (TPSA) is 97.2 Å². The van der Waals surface area contributed by atoms with E-state index in [0.717, 1.165) is 68.5 Å². The van der Waals surface area contributed by atoms with Gasteiger partial charge in [0.15, 0.2) is 0 Å². The summed E-state index contributed by atoms with van der Waals surface area (Å²) in [5.74, 6) is 1.13. The summed E-state index contributed by atoms with van der Waals surface area (Å²) in [7, 11) is 0. The summed E-state index contributed by atoms with van der Waals surface area (Å²) in [6.45, 7) is 7.08. The number of aromatic nitrogens is 4. The number of halogens is 1. The molecule has 3 aromatic rings. The van der Waals surface area contributed by atoms with Gasteiger partial charge < -0.3 is 20.3 Å². The molecule has 0 atom stereocenters. The molecule has 3 aromatic heterocycles. The number of hydrogen-bond acceptors (Lipinski definition) is 8. The number of nitrogens with zero attached hydrogens (tertiary/aromatic N) is 5. The predicted molar refractivity (Wildman–Crippen MR) is 141 cm³/mol. The average molecular weight is 500 g/mol. The molecule has 0 amide bonds. The summed E-state index contributed by atoms with van der Waals surface area (Å²) in [5, 5.41) is 7.47. The van der Waals surface area contributed by atoms with Crippen molar-refractivity contribution in [2.75, 3.05) is 49.6 Å². The van der Waals surface area contributed by atoms with Crippen LogP contribution in [0.2, 0.25) is 0 Å². The smallest absolute Gasteiger partial charge is 0.255 e. The fourth-order valence-corrected chi connectivity index (χ4v) is 4.93. The Kier molecular flexibility index (Phi) is 8.54. The van der Waals surface area contributed by atoms with E-state index in [1.54, 1.807) is 6.20 Å². The highest BCUT2D eigenvalue weighted by atomic mass is 35.5. The summed E-state index contributed by atoms with van der Waals surface area (Å²) < 4.78 is 7.40. The van der Waals surface area contributed by atoms with E-state index in [9.17, 15) is 4.79 Å². The van der Waals surface area contributed by atoms with Gasteiger partial charge in [0.1, 0.15) is 11.5 Å². The van der Waals surface area contributed by atoms with E-state index in [-0.39, 0.29) is 24.0 Å². The second-order valence-electron chi connectivity index (χ2n) is 8.97. The van der Waals surface area contributed by atoms with E-state index in [1.807, 2.05) is 29.8 Å². The predicted octanol–water partition coefficient (Wildman–Crippen LogP) is 3.46. The minimum Gasteiger partial charge on any atom is -0.381 e. The molecule has 0 aromatic carbocycles. The Bertz CT molecular complexity index is 1170. The average Bonchev–Trinajstić information content (AvgIpc) is 3.40. The molecule has 2 N–H and O–H groups in total. The van der Waals surface area contributed by atoms with Gasteiger partial charge in [0.25, 0.3) is 5.56 Å². The Morgan fingerprint density at radius 1 is 1.14 bits per heavy atom. The van der Waals surface area contributed by atoms with Gasteiger partial charge in [-0.15, -0.1) is 12.4 Å². The Hall–Kier alpha value is -2.75. The number of piperazine rings is 1. The van der Waals surface area contributed by atoms with E-state index in [4.69, 9.17) is 9.72 Å². The van der Waals surface area contributed by atoms with Crippen LogP contribution in [0.1, 0.15) is 44.2 Å². The zero-order valence-electron chi connectivity index (χ0n) is 20.2. The highest BCUT2D eigenvalue weighted by Crippen LogP contribution is 2.31. The van der Waals surface area contributed by atoms with E-state index in [0.29, 0.717) is 37.0 Å². The molecule has 10 heteroatoms. The van der Waals surface area contributed by atoms with Crippen LogP contribution < -0.4 is 21.1 Å². The van der Waals surface area contributed by atoms with E-state index >= 15 is 0 Å². The highest BCUT2D eigenvalue weighted by molar-refractivity contribution is 5.85. The minimum atomic E-state index is 0. The lowest BCUT2D eigenvalue weighted by Crippen LogP contribution is -2.43. The minimum absolute atomic E-state index is 0. The van der Waals surface area contributed by atoms with Crippen molar-refractivity contribution >= 4 is 40.9 Å². The number of pyridine rings is 2. The fraction of sp³-hybridized carbons (Fsp3) is 0.520. The normalized spacial score (nSPS) is 16.4. The van der Waals surface area contributed by atoms with Crippen LogP contribution in [0.15, 0.2) is 35.4 Å². The summed E-state index contributed by atoms with van der Waals surface area (Å²) in [5.41, 5.74) is 2.61. The van der Waals surface area contributed by atoms with Gasteiger partial charge >= 0.3 is 0 Å². The first-order chi connectivity index (χ1) is 16.7. The molecule has 0 spiro atoms. The number of nitrogens with one attached hydrogen (secondary N) is 2.